The van der Waals surface area contributed by atoms with E-state index in [1.165, 1.54) is 64.2 Å². The van der Waals surface area contributed by atoms with Gasteiger partial charge in [0.15, 0.2) is 0 Å². The van der Waals surface area contributed by atoms with Crippen molar-refractivity contribution in [2.24, 2.45) is 0 Å². The second kappa shape index (κ2) is 22.1. The number of hydrogen-bond donors (Lipinski definition) is 5. The van der Waals surface area contributed by atoms with E-state index in [2.05, 4.69) is 19.2 Å². The molecule has 0 radical (unpaired) electrons. The van der Waals surface area contributed by atoms with Gasteiger partial charge in [0.2, 0.25) is 5.91 Å². The zero-order valence-electron chi connectivity index (χ0n) is 20.9. The molecule has 4 unspecified atom stereocenters. The first-order valence-corrected chi connectivity index (χ1v) is 13.4. The summed E-state index contributed by atoms with van der Waals surface area (Å²) in [5.74, 6) is -0.592. The predicted molar refractivity (Wildman–Crippen MR) is 131 cm³/mol. The lowest BCUT2D eigenvalue weighted by Crippen LogP contribution is -2.53. The summed E-state index contributed by atoms with van der Waals surface area (Å²) in [6, 6.07) is -0.972. The van der Waals surface area contributed by atoms with Crippen molar-refractivity contribution in [3.05, 3.63) is 0 Å². The monoisotopic (exact) mass is 459 g/mol. The third-order valence-corrected chi connectivity index (χ3v) is 6.32. The summed E-state index contributed by atoms with van der Waals surface area (Å²) in [4.78, 5) is 12.2. The summed E-state index contributed by atoms with van der Waals surface area (Å²) in [5.41, 5.74) is 0. The fourth-order valence-electron chi connectivity index (χ4n) is 4.05. The van der Waals surface area contributed by atoms with Crippen LogP contribution in [0, 0.1) is 0 Å². The molecule has 0 spiro atoms. The summed E-state index contributed by atoms with van der Waals surface area (Å²) in [5, 5.41) is 42.7. The van der Waals surface area contributed by atoms with Crippen LogP contribution in [-0.4, -0.2) is 57.3 Å². The van der Waals surface area contributed by atoms with Crippen LogP contribution < -0.4 is 5.32 Å². The molecule has 0 aromatic rings. The molecule has 0 fully saturated rings. The number of nitrogens with one attached hydrogen (secondary N) is 1. The molecule has 0 aliphatic rings. The highest BCUT2D eigenvalue weighted by Crippen LogP contribution is 2.14. The summed E-state index contributed by atoms with van der Waals surface area (Å²) in [7, 11) is 0. The molecule has 4 atom stereocenters. The summed E-state index contributed by atoms with van der Waals surface area (Å²) in [6.07, 6.45) is 15.7. The van der Waals surface area contributed by atoms with Crippen molar-refractivity contribution in [2.75, 3.05) is 6.61 Å². The molecule has 6 heteroatoms. The van der Waals surface area contributed by atoms with Gasteiger partial charge in [-0.05, 0) is 12.8 Å². The van der Waals surface area contributed by atoms with Gasteiger partial charge in [0.1, 0.15) is 12.2 Å². The van der Waals surface area contributed by atoms with Gasteiger partial charge in [0.25, 0.3) is 0 Å². The zero-order chi connectivity index (χ0) is 24.0. The first kappa shape index (κ1) is 31.3. The van der Waals surface area contributed by atoms with Crippen molar-refractivity contribution >= 4 is 5.91 Å². The molecule has 192 valence electrons. The Labute approximate surface area is 197 Å². The van der Waals surface area contributed by atoms with Gasteiger partial charge in [0.05, 0.1) is 18.8 Å². The lowest BCUT2D eigenvalue weighted by Gasteiger charge is -2.27. The van der Waals surface area contributed by atoms with Gasteiger partial charge in [-0.2, -0.15) is 0 Å². The van der Waals surface area contributed by atoms with E-state index in [-0.39, 0.29) is 0 Å². The minimum absolute atomic E-state index is 0.372. The molecule has 0 bridgehead atoms. The average molecular weight is 460 g/mol. The van der Waals surface area contributed by atoms with Gasteiger partial charge >= 0.3 is 0 Å². The predicted octanol–water partition coefficient (Wildman–Crippen LogP) is 4.61. The first-order valence-electron chi connectivity index (χ1n) is 13.4. The fourth-order valence-corrected chi connectivity index (χ4v) is 4.05. The van der Waals surface area contributed by atoms with E-state index < -0.39 is 36.9 Å². The smallest absolute Gasteiger partial charge is 0.249 e. The number of aliphatic hydroxyl groups is 4. The van der Waals surface area contributed by atoms with E-state index in [1.54, 1.807) is 0 Å². The molecular weight excluding hydrogens is 406 g/mol. The Hall–Kier alpha value is -0.690. The van der Waals surface area contributed by atoms with Crippen LogP contribution >= 0.6 is 0 Å². The number of carbonyl (C=O) groups is 1. The Kier molecular flexibility index (Phi) is 21.6. The van der Waals surface area contributed by atoms with Crippen LogP contribution in [0.4, 0.5) is 0 Å². The molecule has 6 nitrogen and oxygen atoms in total. The van der Waals surface area contributed by atoms with Crippen LogP contribution in [0.3, 0.4) is 0 Å². The van der Waals surface area contributed by atoms with Gasteiger partial charge in [-0.15, -0.1) is 0 Å². The van der Waals surface area contributed by atoms with Gasteiger partial charge in [0, 0.05) is 0 Å². The van der Waals surface area contributed by atoms with Crippen LogP contribution in [0.2, 0.25) is 0 Å². The number of unbranched alkanes of at least 4 members (excludes halogenated alkanes) is 14. The molecular formula is C26H53NO5. The van der Waals surface area contributed by atoms with Gasteiger partial charge in [-0.25, -0.2) is 0 Å². The number of rotatable bonds is 23. The minimum atomic E-state index is -1.25. The largest absolute Gasteiger partial charge is 0.394 e. The van der Waals surface area contributed by atoms with E-state index in [1.807, 2.05) is 0 Å². The van der Waals surface area contributed by atoms with Crippen molar-refractivity contribution < 1.29 is 25.2 Å². The average Bonchev–Trinajstić information content (AvgIpc) is 2.79. The molecule has 0 aromatic carbocycles. The van der Waals surface area contributed by atoms with Crippen LogP contribution in [0.5, 0.6) is 0 Å². The van der Waals surface area contributed by atoms with E-state index in [4.69, 9.17) is 0 Å². The number of aliphatic hydroxyl groups excluding tert-OH is 4. The second-order valence-corrected chi connectivity index (χ2v) is 9.40. The van der Waals surface area contributed by atoms with E-state index >= 15 is 0 Å². The summed E-state index contributed by atoms with van der Waals surface area (Å²) in [6.45, 7) is 3.92. The number of amides is 1. The lowest BCUT2D eigenvalue weighted by atomic mass is 9.99. The van der Waals surface area contributed by atoms with E-state index in [9.17, 15) is 25.2 Å². The van der Waals surface area contributed by atoms with Crippen molar-refractivity contribution in [1.82, 2.24) is 5.32 Å². The molecule has 5 N–H and O–H groups in total. The summed E-state index contributed by atoms with van der Waals surface area (Å²) < 4.78 is 0. The highest BCUT2D eigenvalue weighted by molar-refractivity contribution is 5.80. The Bertz CT molecular complexity index is 421. The molecule has 0 aromatic heterocycles. The van der Waals surface area contributed by atoms with Crippen LogP contribution in [0.15, 0.2) is 0 Å². The number of hydrogen-bond acceptors (Lipinski definition) is 5. The molecule has 1 amide bonds. The maximum atomic E-state index is 12.2. The Morgan fingerprint density at radius 2 is 1.06 bits per heavy atom. The molecule has 0 rings (SSSR count). The van der Waals surface area contributed by atoms with Crippen molar-refractivity contribution in [1.29, 1.82) is 0 Å². The molecule has 0 aliphatic heterocycles. The minimum Gasteiger partial charge on any atom is -0.394 e. The maximum absolute atomic E-state index is 12.2. The third-order valence-electron chi connectivity index (χ3n) is 6.32. The van der Waals surface area contributed by atoms with Gasteiger partial charge < -0.3 is 25.7 Å². The zero-order valence-corrected chi connectivity index (χ0v) is 20.9. The van der Waals surface area contributed by atoms with Crippen molar-refractivity contribution in [3.63, 3.8) is 0 Å². The molecule has 0 aliphatic carbocycles. The topological polar surface area (TPSA) is 110 Å². The molecule has 32 heavy (non-hydrogen) atoms. The Balaban J connectivity index is 3.99. The van der Waals surface area contributed by atoms with Gasteiger partial charge in [-0.1, -0.05) is 117 Å². The Morgan fingerprint density at radius 1 is 0.656 bits per heavy atom. The molecule has 0 saturated carbocycles. The quantitative estimate of drug-likeness (QED) is 0.143. The van der Waals surface area contributed by atoms with E-state index in [0.717, 1.165) is 38.5 Å². The van der Waals surface area contributed by atoms with Crippen LogP contribution in [0.25, 0.3) is 0 Å². The molecule has 0 heterocycles. The maximum Gasteiger partial charge on any atom is 0.249 e. The summed E-state index contributed by atoms with van der Waals surface area (Å²) >= 11 is 0. The van der Waals surface area contributed by atoms with Crippen LogP contribution in [0.1, 0.15) is 129 Å². The SMILES string of the molecule is CCCCCCCCCCCC(O)C(=O)NC(CO)C(O)C(O)CCCCCCCCC. The van der Waals surface area contributed by atoms with Crippen LogP contribution in [-0.2, 0) is 4.79 Å². The lowest BCUT2D eigenvalue weighted by molar-refractivity contribution is -0.132. The van der Waals surface area contributed by atoms with Crippen molar-refractivity contribution in [2.45, 2.75) is 154 Å². The second-order valence-electron chi connectivity index (χ2n) is 9.40. The van der Waals surface area contributed by atoms with Crippen molar-refractivity contribution in [3.8, 4) is 0 Å². The number of carbonyl (C=O) groups excluding carboxylic acids is 1. The molecule has 0 saturated heterocycles. The normalized spacial score (nSPS) is 15.3. The standard InChI is InChI=1S/C26H53NO5/c1-3-5-7-9-11-12-14-16-18-20-24(30)26(32)27-22(21-28)25(31)23(29)19-17-15-13-10-8-6-4-2/h22-25,28-31H,3-21H2,1-2H3,(H,27,32). The van der Waals surface area contributed by atoms with E-state index in [0.29, 0.717) is 12.8 Å². The fraction of sp³-hybridized carbons (Fsp3) is 0.962. The Morgan fingerprint density at radius 3 is 1.50 bits per heavy atom. The highest BCUT2D eigenvalue weighted by Gasteiger charge is 2.28. The third kappa shape index (κ3) is 16.9. The van der Waals surface area contributed by atoms with Gasteiger partial charge in [-0.3, -0.25) is 4.79 Å². The first-order chi connectivity index (χ1) is 15.5. The highest BCUT2D eigenvalue weighted by atomic mass is 16.3.